The first-order valence-corrected chi connectivity index (χ1v) is 8.58. The van der Waals surface area contributed by atoms with Crippen LogP contribution in [0, 0.1) is 5.92 Å². The molecular formula is C21H23NO3. The fourth-order valence-corrected chi connectivity index (χ4v) is 3.61. The second kappa shape index (κ2) is 7.09. The predicted molar refractivity (Wildman–Crippen MR) is 96.1 cm³/mol. The average molecular weight is 337 g/mol. The Morgan fingerprint density at radius 1 is 1.08 bits per heavy atom. The van der Waals surface area contributed by atoms with E-state index in [2.05, 4.69) is 0 Å². The molecule has 0 saturated heterocycles. The third-order valence-electron chi connectivity index (χ3n) is 4.77. The number of fused-ring (bicyclic) bond motifs is 1. The van der Waals surface area contributed by atoms with Gasteiger partial charge in [0.05, 0.1) is 13.2 Å². The van der Waals surface area contributed by atoms with E-state index in [1.165, 1.54) is 7.11 Å². The minimum atomic E-state index is -0.599. The molecule has 0 spiro atoms. The molecule has 0 unspecified atom stereocenters. The van der Waals surface area contributed by atoms with E-state index in [4.69, 9.17) is 4.74 Å². The number of benzene rings is 2. The van der Waals surface area contributed by atoms with E-state index in [-0.39, 0.29) is 23.8 Å². The van der Waals surface area contributed by atoms with E-state index < -0.39 is 6.04 Å². The topological polar surface area (TPSA) is 46.6 Å². The van der Waals surface area contributed by atoms with Gasteiger partial charge < -0.3 is 9.64 Å². The summed E-state index contributed by atoms with van der Waals surface area (Å²) in [4.78, 5) is 27.2. The maximum absolute atomic E-state index is 13.1. The number of carbonyl (C=O) groups is 2. The fraction of sp³-hybridized carbons (Fsp3) is 0.333. The number of hydrogen-bond donors (Lipinski definition) is 0. The van der Waals surface area contributed by atoms with Crippen molar-refractivity contribution >= 4 is 11.9 Å². The highest BCUT2D eigenvalue weighted by atomic mass is 16.5. The van der Waals surface area contributed by atoms with Crippen LogP contribution in [-0.2, 0) is 16.0 Å². The van der Waals surface area contributed by atoms with Crippen LogP contribution in [0.3, 0.4) is 0 Å². The SMILES string of the molecule is COC(=O)[C@H](C(C)C)N1C(=O)c2ccccc2[C@H]1Cc1ccccc1. The minimum Gasteiger partial charge on any atom is -0.467 e. The standard InChI is InChI=1S/C21H23NO3/c1-14(2)19(21(24)25-3)22-18(13-15-9-5-4-6-10-15)16-11-7-8-12-17(16)20(22)23/h4-12,14,18-19H,13H2,1-3H3/t18-,19+/m1/s1. The van der Waals surface area contributed by atoms with Crippen LogP contribution in [0.25, 0.3) is 0 Å². The molecule has 1 heterocycles. The zero-order valence-corrected chi connectivity index (χ0v) is 14.8. The maximum atomic E-state index is 13.1. The lowest BCUT2D eigenvalue weighted by molar-refractivity contribution is -0.148. The molecule has 0 saturated carbocycles. The van der Waals surface area contributed by atoms with Gasteiger partial charge in [-0.1, -0.05) is 62.4 Å². The Bertz CT molecular complexity index is 770. The van der Waals surface area contributed by atoms with Crippen LogP contribution >= 0.6 is 0 Å². The molecule has 0 N–H and O–H groups in total. The average Bonchev–Trinajstić information content (AvgIpc) is 2.89. The van der Waals surface area contributed by atoms with Gasteiger partial charge in [0.1, 0.15) is 6.04 Å². The first-order valence-electron chi connectivity index (χ1n) is 8.58. The smallest absolute Gasteiger partial charge is 0.328 e. The lowest BCUT2D eigenvalue weighted by Gasteiger charge is -2.34. The second-order valence-electron chi connectivity index (χ2n) is 6.72. The van der Waals surface area contributed by atoms with Crippen molar-refractivity contribution in [2.75, 3.05) is 7.11 Å². The van der Waals surface area contributed by atoms with E-state index in [0.29, 0.717) is 12.0 Å². The monoisotopic (exact) mass is 337 g/mol. The van der Waals surface area contributed by atoms with Gasteiger partial charge in [-0.2, -0.15) is 0 Å². The van der Waals surface area contributed by atoms with Crippen molar-refractivity contribution in [3.63, 3.8) is 0 Å². The van der Waals surface area contributed by atoms with E-state index >= 15 is 0 Å². The van der Waals surface area contributed by atoms with Crippen LogP contribution < -0.4 is 0 Å². The summed E-state index contributed by atoms with van der Waals surface area (Å²) < 4.78 is 5.00. The minimum absolute atomic E-state index is 0.0380. The molecule has 25 heavy (non-hydrogen) atoms. The van der Waals surface area contributed by atoms with Crippen molar-refractivity contribution in [2.24, 2.45) is 5.92 Å². The van der Waals surface area contributed by atoms with Gasteiger partial charge >= 0.3 is 5.97 Å². The Hall–Kier alpha value is -2.62. The van der Waals surface area contributed by atoms with Crippen LogP contribution in [-0.4, -0.2) is 29.9 Å². The summed E-state index contributed by atoms with van der Waals surface area (Å²) in [5.41, 5.74) is 2.79. The molecule has 2 aromatic rings. The summed E-state index contributed by atoms with van der Waals surface area (Å²) in [7, 11) is 1.37. The van der Waals surface area contributed by atoms with Crippen LogP contribution in [0.1, 0.15) is 41.4 Å². The zero-order chi connectivity index (χ0) is 18.0. The Kier molecular flexibility index (Phi) is 4.88. The van der Waals surface area contributed by atoms with Crippen molar-refractivity contribution in [2.45, 2.75) is 32.4 Å². The molecule has 0 bridgehead atoms. The van der Waals surface area contributed by atoms with Crippen molar-refractivity contribution in [1.29, 1.82) is 0 Å². The predicted octanol–water partition coefficient (Wildman–Crippen LogP) is 3.62. The highest BCUT2D eigenvalue weighted by Crippen LogP contribution is 2.39. The number of esters is 1. The van der Waals surface area contributed by atoms with Gasteiger partial charge in [0, 0.05) is 5.56 Å². The van der Waals surface area contributed by atoms with Crippen molar-refractivity contribution in [3.8, 4) is 0 Å². The molecule has 0 aromatic heterocycles. The molecule has 2 atom stereocenters. The Labute approximate surface area is 148 Å². The van der Waals surface area contributed by atoms with Gasteiger partial charge in [0.15, 0.2) is 0 Å². The zero-order valence-electron chi connectivity index (χ0n) is 14.8. The van der Waals surface area contributed by atoms with Gasteiger partial charge in [0.2, 0.25) is 0 Å². The molecule has 4 heteroatoms. The van der Waals surface area contributed by atoms with Gasteiger partial charge in [-0.25, -0.2) is 4.79 Å². The molecule has 2 aromatic carbocycles. The molecule has 0 fully saturated rings. The third kappa shape index (κ3) is 3.16. The first-order chi connectivity index (χ1) is 12.0. The van der Waals surface area contributed by atoms with Crippen LogP contribution in [0.5, 0.6) is 0 Å². The van der Waals surface area contributed by atoms with Gasteiger partial charge in [-0.05, 0) is 29.5 Å². The number of hydrogen-bond acceptors (Lipinski definition) is 3. The van der Waals surface area contributed by atoms with E-state index in [9.17, 15) is 9.59 Å². The Morgan fingerprint density at radius 3 is 2.36 bits per heavy atom. The Balaban J connectivity index is 2.05. The lowest BCUT2D eigenvalue weighted by atomic mass is 9.95. The summed E-state index contributed by atoms with van der Waals surface area (Å²) in [5.74, 6) is -0.501. The molecule has 130 valence electrons. The second-order valence-corrected chi connectivity index (χ2v) is 6.72. The number of methoxy groups -OCH3 is 1. The van der Waals surface area contributed by atoms with Crippen LogP contribution in [0.2, 0.25) is 0 Å². The number of ether oxygens (including phenoxy) is 1. The van der Waals surface area contributed by atoms with Crippen LogP contribution in [0.15, 0.2) is 54.6 Å². The van der Waals surface area contributed by atoms with Crippen molar-refractivity contribution < 1.29 is 14.3 Å². The quantitative estimate of drug-likeness (QED) is 0.783. The largest absolute Gasteiger partial charge is 0.467 e. The summed E-state index contributed by atoms with van der Waals surface area (Å²) in [6.07, 6.45) is 0.670. The van der Waals surface area contributed by atoms with Crippen LogP contribution in [0.4, 0.5) is 0 Å². The summed E-state index contributed by atoms with van der Waals surface area (Å²) in [6, 6.07) is 16.9. The van der Waals surface area contributed by atoms with Crippen molar-refractivity contribution in [1.82, 2.24) is 4.90 Å². The summed E-state index contributed by atoms with van der Waals surface area (Å²) >= 11 is 0. The molecule has 1 amide bonds. The number of rotatable bonds is 5. The van der Waals surface area contributed by atoms with E-state index in [1.54, 1.807) is 4.90 Å². The van der Waals surface area contributed by atoms with Crippen molar-refractivity contribution in [3.05, 3.63) is 71.3 Å². The molecule has 0 radical (unpaired) electrons. The highest BCUT2D eigenvalue weighted by molar-refractivity contribution is 6.01. The summed E-state index contributed by atoms with van der Waals surface area (Å²) in [5, 5.41) is 0. The lowest BCUT2D eigenvalue weighted by Crippen LogP contribution is -2.47. The first kappa shape index (κ1) is 17.2. The number of carbonyl (C=O) groups excluding carboxylic acids is 2. The fourth-order valence-electron chi connectivity index (χ4n) is 3.61. The maximum Gasteiger partial charge on any atom is 0.328 e. The van der Waals surface area contributed by atoms with E-state index in [1.807, 2.05) is 68.4 Å². The molecule has 0 aliphatic carbocycles. The molecule has 1 aliphatic heterocycles. The van der Waals surface area contributed by atoms with Gasteiger partial charge in [-0.3, -0.25) is 4.79 Å². The molecular weight excluding hydrogens is 314 g/mol. The molecule has 3 rings (SSSR count). The number of amides is 1. The van der Waals surface area contributed by atoms with Gasteiger partial charge in [0.25, 0.3) is 5.91 Å². The van der Waals surface area contributed by atoms with E-state index in [0.717, 1.165) is 11.1 Å². The van der Waals surface area contributed by atoms with Gasteiger partial charge in [-0.15, -0.1) is 0 Å². The normalized spacial score (nSPS) is 17.5. The molecule has 1 aliphatic rings. The highest BCUT2D eigenvalue weighted by Gasteiger charge is 2.44. The Morgan fingerprint density at radius 2 is 1.72 bits per heavy atom. The third-order valence-corrected chi connectivity index (χ3v) is 4.77. The number of nitrogens with zero attached hydrogens (tertiary/aromatic N) is 1. The summed E-state index contributed by atoms with van der Waals surface area (Å²) in [6.45, 7) is 3.88. The molecule has 4 nitrogen and oxygen atoms in total.